The van der Waals surface area contributed by atoms with Crippen molar-refractivity contribution in [2.24, 2.45) is 10.8 Å². The Bertz CT molecular complexity index is 324. The third-order valence-electron chi connectivity index (χ3n) is 1.61. The quantitative estimate of drug-likeness (QED) is 0.373. The number of nitrogens with two attached hydrogens (primary N) is 1. The topological polar surface area (TPSA) is 63.3 Å². The Kier molecular flexibility index (Phi) is 4.55. The third kappa shape index (κ3) is 2.78. The van der Waals surface area contributed by atoms with Crippen LogP contribution in [0.1, 0.15) is 19.0 Å². The molecule has 1 aromatic heterocycles. The fourth-order valence-corrected chi connectivity index (χ4v) is 1.42. The molecule has 0 bridgehead atoms. The molecule has 0 spiro atoms. The van der Waals surface area contributed by atoms with Gasteiger partial charge in [-0.25, -0.2) is 5.84 Å². The summed E-state index contributed by atoms with van der Waals surface area (Å²) in [5.41, 5.74) is 3.29. The van der Waals surface area contributed by atoms with Gasteiger partial charge in [0, 0.05) is 17.2 Å². The van der Waals surface area contributed by atoms with Crippen molar-refractivity contribution < 1.29 is 0 Å². The molecule has 0 atom stereocenters. The Morgan fingerprint density at radius 1 is 1.71 bits per heavy atom. The van der Waals surface area contributed by atoms with E-state index in [1.54, 1.807) is 6.20 Å². The van der Waals surface area contributed by atoms with Gasteiger partial charge in [-0.05, 0) is 34.5 Å². The maximum Gasteiger partial charge on any atom is 0.162 e. The van der Waals surface area contributed by atoms with E-state index in [4.69, 9.17) is 5.84 Å². The summed E-state index contributed by atoms with van der Waals surface area (Å²) in [5, 5.41) is 0. The van der Waals surface area contributed by atoms with Crippen LogP contribution >= 0.6 is 15.9 Å². The van der Waals surface area contributed by atoms with Crippen molar-refractivity contribution in [3.05, 3.63) is 28.5 Å². The molecule has 1 rings (SSSR count). The summed E-state index contributed by atoms with van der Waals surface area (Å²) >= 11 is 3.39. The van der Waals surface area contributed by atoms with Crippen molar-refractivity contribution in [3.8, 4) is 0 Å². The lowest BCUT2D eigenvalue weighted by Crippen LogP contribution is -2.32. The van der Waals surface area contributed by atoms with Gasteiger partial charge in [0.25, 0.3) is 0 Å². The molecule has 0 amide bonds. The lowest BCUT2D eigenvalue weighted by atomic mass is 10.3. The highest BCUT2D eigenvalue weighted by Crippen LogP contribution is 2.13. The van der Waals surface area contributed by atoms with Crippen molar-refractivity contribution in [2.45, 2.75) is 13.3 Å². The fourth-order valence-electron chi connectivity index (χ4n) is 0.972. The number of nitrogens with one attached hydrogen (secondary N) is 1. The van der Waals surface area contributed by atoms with Crippen molar-refractivity contribution in [1.82, 2.24) is 10.4 Å². The van der Waals surface area contributed by atoms with E-state index in [0.717, 1.165) is 23.1 Å². The summed E-state index contributed by atoms with van der Waals surface area (Å²) in [6, 6.07) is 3.75. The predicted molar refractivity (Wildman–Crippen MR) is 61.0 cm³/mol. The number of amidine groups is 1. The van der Waals surface area contributed by atoms with Gasteiger partial charge in [-0.2, -0.15) is 0 Å². The first kappa shape index (κ1) is 11.1. The van der Waals surface area contributed by atoms with E-state index in [2.05, 4.69) is 38.3 Å². The molecule has 0 aromatic carbocycles. The van der Waals surface area contributed by atoms with Crippen LogP contribution in [0.3, 0.4) is 0 Å². The minimum absolute atomic E-state index is 0.610. The van der Waals surface area contributed by atoms with Crippen LogP contribution in [-0.4, -0.2) is 17.4 Å². The molecule has 0 aliphatic heterocycles. The van der Waals surface area contributed by atoms with E-state index in [9.17, 15) is 0 Å². The van der Waals surface area contributed by atoms with Gasteiger partial charge in [0.1, 0.15) is 5.69 Å². The molecule has 0 saturated heterocycles. The Morgan fingerprint density at radius 2 is 2.50 bits per heavy atom. The number of hydrogen-bond acceptors (Lipinski definition) is 3. The molecule has 76 valence electrons. The van der Waals surface area contributed by atoms with Gasteiger partial charge in [0.15, 0.2) is 5.84 Å². The Balaban J connectivity index is 2.95. The molecule has 14 heavy (non-hydrogen) atoms. The number of hydrazine groups is 1. The van der Waals surface area contributed by atoms with Gasteiger partial charge in [0.05, 0.1) is 0 Å². The van der Waals surface area contributed by atoms with Gasteiger partial charge < -0.3 is 5.43 Å². The van der Waals surface area contributed by atoms with Crippen molar-refractivity contribution in [3.63, 3.8) is 0 Å². The first-order chi connectivity index (χ1) is 6.79. The van der Waals surface area contributed by atoms with Crippen LogP contribution in [0.2, 0.25) is 0 Å². The van der Waals surface area contributed by atoms with Crippen LogP contribution in [0.5, 0.6) is 0 Å². The number of rotatable bonds is 3. The summed E-state index contributed by atoms with van der Waals surface area (Å²) in [6.45, 7) is 2.80. The number of aromatic nitrogens is 1. The first-order valence-electron chi connectivity index (χ1n) is 4.41. The largest absolute Gasteiger partial charge is 0.307 e. The van der Waals surface area contributed by atoms with E-state index < -0.39 is 0 Å². The fraction of sp³-hybridized carbons (Fsp3) is 0.333. The Morgan fingerprint density at radius 3 is 3.07 bits per heavy atom. The number of pyridine rings is 1. The highest BCUT2D eigenvalue weighted by Gasteiger charge is 2.06. The zero-order valence-electron chi connectivity index (χ0n) is 8.00. The van der Waals surface area contributed by atoms with Crippen LogP contribution in [0.25, 0.3) is 0 Å². The van der Waals surface area contributed by atoms with Gasteiger partial charge in [-0.1, -0.05) is 6.92 Å². The zero-order valence-corrected chi connectivity index (χ0v) is 9.58. The second-order valence-electron chi connectivity index (χ2n) is 2.71. The second-order valence-corrected chi connectivity index (χ2v) is 3.56. The summed E-state index contributed by atoms with van der Waals surface area (Å²) in [7, 11) is 0. The van der Waals surface area contributed by atoms with Gasteiger partial charge in [0.2, 0.25) is 0 Å². The van der Waals surface area contributed by atoms with E-state index in [0.29, 0.717) is 5.84 Å². The van der Waals surface area contributed by atoms with Gasteiger partial charge in [-0.15, -0.1) is 0 Å². The predicted octanol–water partition coefficient (Wildman–Crippen LogP) is 1.46. The van der Waals surface area contributed by atoms with Crippen LogP contribution in [0.15, 0.2) is 27.8 Å². The van der Waals surface area contributed by atoms with E-state index in [1.807, 2.05) is 12.1 Å². The molecule has 0 unspecified atom stereocenters. The van der Waals surface area contributed by atoms with Crippen LogP contribution in [0.4, 0.5) is 0 Å². The molecule has 0 aliphatic carbocycles. The molecular weight excluding hydrogens is 244 g/mol. The van der Waals surface area contributed by atoms with E-state index in [-0.39, 0.29) is 0 Å². The molecule has 1 heterocycles. The first-order valence-corrected chi connectivity index (χ1v) is 5.20. The normalized spacial score (nSPS) is 11.5. The van der Waals surface area contributed by atoms with Crippen LogP contribution < -0.4 is 11.3 Å². The lowest BCUT2D eigenvalue weighted by molar-refractivity contribution is 0.903. The molecule has 0 saturated carbocycles. The summed E-state index contributed by atoms with van der Waals surface area (Å²) in [6.07, 6.45) is 2.69. The molecule has 0 radical (unpaired) electrons. The highest BCUT2D eigenvalue weighted by molar-refractivity contribution is 9.10. The minimum Gasteiger partial charge on any atom is -0.307 e. The molecule has 3 N–H and O–H groups in total. The zero-order chi connectivity index (χ0) is 10.4. The molecule has 0 aliphatic rings. The molecule has 4 nitrogen and oxygen atoms in total. The SMILES string of the molecule is CCCN=C(NN)c1ncccc1Br. The van der Waals surface area contributed by atoms with E-state index in [1.165, 1.54) is 0 Å². The number of hydrogen-bond donors (Lipinski definition) is 2. The average molecular weight is 257 g/mol. The minimum atomic E-state index is 0.610. The van der Waals surface area contributed by atoms with Crippen LogP contribution in [-0.2, 0) is 0 Å². The maximum absolute atomic E-state index is 5.37. The average Bonchev–Trinajstić information content (AvgIpc) is 2.21. The summed E-state index contributed by atoms with van der Waals surface area (Å²) < 4.78 is 0.882. The highest BCUT2D eigenvalue weighted by atomic mass is 79.9. The monoisotopic (exact) mass is 256 g/mol. The van der Waals surface area contributed by atoms with Crippen molar-refractivity contribution in [2.75, 3.05) is 6.54 Å². The molecular formula is C9H13BrN4. The van der Waals surface area contributed by atoms with Gasteiger partial charge in [-0.3, -0.25) is 9.98 Å². The number of nitrogens with zero attached hydrogens (tertiary/aromatic N) is 2. The second kappa shape index (κ2) is 5.72. The molecule has 5 heteroatoms. The number of aliphatic imine (C=N–C) groups is 1. The van der Waals surface area contributed by atoms with Gasteiger partial charge >= 0.3 is 0 Å². The maximum atomic E-state index is 5.37. The van der Waals surface area contributed by atoms with Crippen LogP contribution in [0, 0.1) is 0 Å². The van der Waals surface area contributed by atoms with E-state index >= 15 is 0 Å². The summed E-state index contributed by atoms with van der Waals surface area (Å²) in [4.78, 5) is 8.46. The summed E-state index contributed by atoms with van der Waals surface area (Å²) in [5.74, 6) is 5.98. The Hall–Kier alpha value is -0.940. The Labute approximate surface area is 91.7 Å². The van der Waals surface area contributed by atoms with Crippen molar-refractivity contribution >= 4 is 21.8 Å². The smallest absolute Gasteiger partial charge is 0.162 e. The lowest BCUT2D eigenvalue weighted by Gasteiger charge is -2.06. The molecule has 0 fully saturated rings. The number of halogens is 1. The standard InChI is InChI=1S/C9H13BrN4/c1-2-5-13-9(14-11)8-7(10)4-3-6-12-8/h3-4,6H,2,5,11H2,1H3,(H,13,14). The molecule has 1 aromatic rings. The van der Waals surface area contributed by atoms with Crippen molar-refractivity contribution in [1.29, 1.82) is 0 Å². The third-order valence-corrected chi connectivity index (χ3v) is 2.25.